The van der Waals surface area contributed by atoms with Gasteiger partial charge in [-0.2, -0.15) is 0 Å². The third kappa shape index (κ3) is 5.36. The zero-order valence-electron chi connectivity index (χ0n) is 17.4. The number of carbonyl (C=O) groups is 1. The minimum atomic E-state index is -4.77. The van der Waals surface area contributed by atoms with Crippen LogP contribution in [0.3, 0.4) is 0 Å². The topological polar surface area (TPSA) is 54.5 Å². The first-order valence-electron chi connectivity index (χ1n) is 10.6. The molecule has 2 fully saturated rings. The number of para-hydroxylation sites is 1. The fourth-order valence-electron chi connectivity index (χ4n) is 4.09. The van der Waals surface area contributed by atoms with Crippen LogP contribution >= 0.6 is 0 Å². The van der Waals surface area contributed by atoms with Gasteiger partial charge in [-0.25, -0.2) is 0 Å². The van der Waals surface area contributed by atoms with Crippen molar-refractivity contribution in [3.8, 4) is 17.0 Å². The lowest BCUT2D eigenvalue weighted by molar-refractivity contribution is -0.274. The molecule has 4 rings (SSSR count). The van der Waals surface area contributed by atoms with Crippen molar-refractivity contribution >= 4 is 5.91 Å². The van der Waals surface area contributed by atoms with Crippen LogP contribution in [0.5, 0.6) is 5.75 Å². The van der Waals surface area contributed by atoms with E-state index in [2.05, 4.69) is 15.0 Å². The van der Waals surface area contributed by atoms with E-state index in [0.717, 1.165) is 31.5 Å². The molecule has 2 heterocycles. The zero-order chi connectivity index (χ0) is 22.1. The number of piperidine rings is 1. The Morgan fingerprint density at radius 1 is 1.16 bits per heavy atom. The fourth-order valence-corrected chi connectivity index (χ4v) is 4.09. The predicted molar refractivity (Wildman–Crippen MR) is 110 cm³/mol. The number of halogens is 3. The average molecular weight is 433 g/mol. The van der Waals surface area contributed by atoms with Crippen LogP contribution in [0, 0.1) is 5.41 Å². The Morgan fingerprint density at radius 2 is 1.87 bits per heavy atom. The van der Waals surface area contributed by atoms with E-state index in [4.69, 9.17) is 0 Å². The van der Waals surface area contributed by atoms with Crippen LogP contribution in [0.1, 0.15) is 38.2 Å². The molecule has 1 saturated carbocycles. The Kier molecular flexibility index (Phi) is 5.92. The number of nitrogens with one attached hydrogen (secondary N) is 1. The highest BCUT2D eigenvalue weighted by Gasteiger charge is 2.45. The van der Waals surface area contributed by atoms with Gasteiger partial charge in [0, 0.05) is 31.4 Å². The summed E-state index contributed by atoms with van der Waals surface area (Å²) in [5, 5.41) is 3.23. The van der Waals surface area contributed by atoms with Gasteiger partial charge in [0.05, 0.1) is 11.7 Å². The van der Waals surface area contributed by atoms with Crippen LogP contribution in [0.15, 0.2) is 42.6 Å². The number of likely N-dealkylation sites (tertiary alicyclic amines) is 1. The molecule has 0 radical (unpaired) electrons. The second-order valence-corrected chi connectivity index (χ2v) is 8.52. The summed E-state index contributed by atoms with van der Waals surface area (Å²) in [5.74, 6) is -0.180. The van der Waals surface area contributed by atoms with E-state index >= 15 is 0 Å². The number of hydrogen-bond acceptors (Lipinski definition) is 4. The molecule has 1 amide bonds. The van der Waals surface area contributed by atoms with Crippen molar-refractivity contribution in [2.45, 2.75) is 51.6 Å². The van der Waals surface area contributed by atoms with Gasteiger partial charge in [-0.05, 0) is 61.8 Å². The summed E-state index contributed by atoms with van der Waals surface area (Å²) in [6, 6.07) is 9.04. The van der Waals surface area contributed by atoms with Crippen molar-refractivity contribution < 1.29 is 22.7 Å². The second-order valence-electron chi connectivity index (χ2n) is 8.52. The SMILES string of the molecule is C[C@@H](NCc1ccc(-c2ccccc2OC(F)(F)F)nc1)C(=O)N1CCC2(CC1)CC2. The molecule has 1 aliphatic heterocycles. The molecule has 8 heteroatoms. The number of carbonyl (C=O) groups excluding carboxylic acids is 1. The molecular formula is C23H26F3N3O2. The molecule has 1 aliphatic carbocycles. The van der Waals surface area contributed by atoms with Crippen molar-refractivity contribution in [2.75, 3.05) is 13.1 Å². The highest BCUT2D eigenvalue weighted by atomic mass is 19.4. The standard InChI is InChI=1S/C23H26F3N3O2/c1-16(21(30)29-12-10-22(8-9-22)11-13-29)27-14-17-6-7-19(28-15-17)18-4-2-3-5-20(18)31-23(24,25)26/h2-7,15-16,27H,8-14H2,1H3/t16-/m1/s1. The number of amides is 1. The molecule has 5 nitrogen and oxygen atoms in total. The minimum absolute atomic E-state index is 0.110. The van der Waals surface area contributed by atoms with Gasteiger partial charge in [-0.3, -0.25) is 9.78 Å². The van der Waals surface area contributed by atoms with Gasteiger partial charge in [-0.15, -0.1) is 13.2 Å². The highest BCUT2D eigenvalue weighted by molar-refractivity contribution is 5.81. The van der Waals surface area contributed by atoms with Gasteiger partial charge in [0.25, 0.3) is 0 Å². The van der Waals surface area contributed by atoms with E-state index in [0.29, 0.717) is 17.7 Å². The third-order valence-corrected chi connectivity index (χ3v) is 6.29. The van der Waals surface area contributed by atoms with E-state index in [1.54, 1.807) is 24.4 Å². The van der Waals surface area contributed by atoms with Crippen LogP contribution < -0.4 is 10.1 Å². The van der Waals surface area contributed by atoms with Crippen molar-refractivity contribution in [3.05, 3.63) is 48.2 Å². The van der Waals surface area contributed by atoms with Gasteiger partial charge < -0.3 is 15.0 Å². The lowest BCUT2D eigenvalue weighted by atomic mass is 9.93. The van der Waals surface area contributed by atoms with E-state index in [1.165, 1.54) is 31.0 Å². The normalized spacial score (nSPS) is 18.6. The Bertz CT molecular complexity index is 916. The number of rotatable bonds is 6. The smallest absolute Gasteiger partial charge is 0.405 e. The minimum Gasteiger partial charge on any atom is -0.405 e. The number of aromatic nitrogens is 1. The van der Waals surface area contributed by atoms with Crippen LogP contribution in [0.25, 0.3) is 11.3 Å². The van der Waals surface area contributed by atoms with Gasteiger partial charge in [0.2, 0.25) is 5.91 Å². The first-order chi connectivity index (χ1) is 14.7. The Hall–Kier alpha value is -2.61. The molecule has 1 spiro atoms. The van der Waals surface area contributed by atoms with Crippen LogP contribution in [-0.2, 0) is 11.3 Å². The number of nitrogens with zero attached hydrogens (tertiary/aromatic N) is 2. The number of ether oxygens (including phenoxy) is 1. The van der Waals surface area contributed by atoms with E-state index in [9.17, 15) is 18.0 Å². The summed E-state index contributed by atoms with van der Waals surface area (Å²) in [6.45, 7) is 3.97. The van der Waals surface area contributed by atoms with Crippen molar-refractivity contribution in [3.63, 3.8) is 0 Å². The number of benzene rings is 1. The molecule has 2 aromatic rings. The second kappa shape index (κ2) is 8.49. The molecule has 1 atom stereocenters. The summed E-state index contributed by atoms with van der Waals surface area (Å²) >= 11 is 0. The lowest BCUT2D eigenvalue weighted by Crippen LogP contribution is -2.48. The first kappa shape index (κ1) is 21.6. The number of pyridine rings is 1. The maximum Gasteiger partial charge on any atom is 0.573 e. The number of alkyl halides is 3. The van der Waals surface area contributed by atoms with Crippen molar-refractivity contribution in [1.29, 1.82) is 0 Å². The maximum atomic E-state index is 12.7. The maximum absolute atomic E-state index is 12.7. The van der Waals surface area contributed by atoms with E-state index in [1.807, 2.05) is 11.8 Å². The molecule has 1 saturated heterocycles. The van der Waals surface area contributed by atoms with Crippen LogP contribution in [0.2, 0.25) is 0 Å². The van der Waals surface area contributed by atoms with E-state index in [-0.39, 0.29) is 23.3 Å². The summed E-state index contributed by atoms with van der Waals surface area (Å²) in [7, 11) is 0. The summed E-state index contributed by atoms with van der Waals surface area (Å²) in [5.41, 5.74) is 2.02. The van der Waals surface area contributed by atoms with Crippen molar-refractivity contribution in [1.82, 2.24) is 15.2 Å². The van der Waals surface area contributed by atoms with Crippen molar-refractivity contribution in [2.24, 2.45) is 5.41 Å². The monoisotopic (exact) mass is 433 g/mol. The van der Waals surface area contributed by atoms with Gasteiger partial charge in [0.1, 0.15) is 5.75 Å². The van der Waals surface area contributed by atoms with Crippen LogP contribution in [0.4, 0.5) is 13.2 Å². The molecule has 0 bridgehead atoms. The lowest BCUT2D eigenvalue weighted by Gasteiger charge is -2.34. The van der Waals surface area contributed by atoms with E-state index < -0.39 is 6.36 Å². The molecule has 1 N–H and O–H groups in total. The quantitative estimate of drug-likeness (QED) is 0.728. The molecular weight excluding hydrogens is 407 g/mol. The Labute approximate surface area is 179 Å². The van der Waals surface area contributed by atoms with Gasteiger partial charge >= 0.3 is 6.36 Å². The summed E-state index contributed by atoms with van der Waals surface area (Å²) < 4.78 is 42.0. The largest absolute Gasteiger partial charge is 0.573 e. The highest BCUT2D eigenvalue weighted by Crippen LogP contribution is 2.53. The predicted octanol–water partition coefficient (Wildman–Crippen LogP) is 4.53. The van der Waals surface area contributed by atoms with Crippen LogP contribution in [-0.4, -0.2) is 41.3 Å². The average Bonchev–Trinajstić information content (AvgIpc) is 3.50. The first-order valence-corrected chi connectivity index (χ1v) is 10.6. The summed E-state index contributed by atoms with van der Waals surface area (Å²) in [4.78, 5) is 18.9. The Morgan fingerprint density at radius 3 is 2.48 bits per heavy atom. The summed E-state index contributed by atoms with van der Waals surface area (Å²) in [6.07, 6.45) is 1.65. The molecule has 31 heavy (non-hydrogen) atoms. The number of hydrogen-bond donors (Lipinski definition) is 1. The molecule has 2 aliphatic rings. The fraction of sp³-hybridized carbons (Fsp3) is 0.478. The Balaban J connectivity index is 1.33. The zero-order valence-corrected chi connectivity index (χ0v) is 17.4. The van der Waals surface area contributed by atoms with Gasteiger partial charge in [-0.1, -0.05) is 18.2 Å². The van der Waals surface area contributed by atoms with Gasteiger partial charge in [0.15, 0.2) is 0 Å². The molecule has 0 unspecified atom stereocenters. The third-order valence-electron chi connectivity index (χ3n) is 6.29. The molecule has 166 valence electrons. The molecule has 1 aromatic carbocycles. The molecule has 1 aromatic heterocycles.